The Balaban J connectivity index is 2.12. The van der Waals surface area contributed by atoms with Gasteiger partial charge < -0.3 is 30.6 Å². The second-order valence-corrected chi connectivity index (χ2v) is 6.17. The summed E-state index contributed by atoms with van der Waals surface area (Å²) in [5, 5.41) is 0. The number of guanidine groups is 1. The molecule has 0 aliphatic rings. The molecule has 12 heteroatoms. The predicted molar refractivity (Wildman–Crippen MR) is 78.3 cm³/mol. The molecule has 0 saturated carbocycles. The van der Waals surface area contributed by atoms with Crippen molar-refractivity contribution in [3.8, 4) is 0 Å². The van der Waals surface area contributed by atoms with Gasteiger partial charge in [-0.3, -0.25) is 4.57 Å². The Morgan fingerprint density at radius 1 is 1.50 bits per heavy atom. The van der Waals surface area contributed by atoms with Crippen LogP contribution >= 0.6 is 7.60 Å². The molecule has 0 saturated heterocycles. The maximum Gasteiger partial charge on any atom is 0.350 e. The van der Waals surface area contributed by atoms with Crippen LogP contribution in [0.15, 0.2) is 17.5 Å². The first-order chi connectivity index (χ1) is 10.2. The summed E-state index contributed by atoms with van der Waals surface area (Å²) in [5.74, 6) is -0.0539. The highest BCUT2D eigenvalue weighted by molar-refractivity contribution is 7.51. The van der Waals surface area contributed by atoms with E-state index in [4.69, 9.17) is 26.0 Å². The van der Waals surface area contributed by atoms with Gasteiger partial charge in [0.05, 0.1) is 25.2 Å². The van der Waals surface area contributed by atoms with Gasteiger partial charge in [0.2, 0.25) is 0 Å². The third kappa shape index (κ3) is 4.46. The van der Waals surface area contributed by atoms with Crippen molar-refractivity contribution >= 4 is 30.7 Å². The summed E-state index contributed by atoms with van der Waals surface area (Å²) < 4.78 is 17.6. The van der Waals surface area contributed by atoms with Crippen LogP contribution in [0.2, 0.25) is 0 Å². The van der Waals surface area contributed by atoms with Crippen LogP contribution in [0.1, 0.15) is 6.92 Å². The van der Waals surface area contributed by atoms with E-state index >= 15 is 0 Å². The average molecular weight is 329 g/mol. The molecule has 0 fully saturated rings. The molecule has 2 aromatic heterocycles. The number of ether oxygens (including phenoxy) is 1. The highest BCUT2D eigenvalue weighted by Crippen LogP contribution is 2.34. The number of nitrogens with zero attached hydrogens (tertiary/aromatic N) is 5. The van der Waals surface area contributed by atoms with E-state index in [1.807, 2.05) is 0 Å². The number of fused-ring (bicyclic) bond motifs is 1. The van der Waals surface area contributed by atoms with Gasteiger partial charge in [-0.15, -0.1) is 0 Å². The molecule has 0 bridgehead atoms. The van der Waals surface area contributed by atoms with Gasteiger partial charge in [0.15, 0.2) is 11.6 Å². The van der Waals surface area contributed by atoms with Crippen molar-refractivity contribution in [1.29, 1.82) is 0 Å². The Labute approximate surface area is 125 Å². The molecule has 0 aromatic carbocycles. The summed E-state index contributed by atoms with van der Waals surface area (Å²) >= 11 is 0. The molecule has 6 N–H and O–H groups in total. The monoisotopic (exact) mass is 329 g/mol. The summed E-state index contributed by atoms with van der Waals surface area (Å²) in [5.41, 5.74) is 11.5. The van der Waals surface area contributed by atoms with Gasteiger partial charge in [0.1, 0.15) is 11.9 Å². The first-order valence-electron chi connectivity index (χ1n) is 6.18. The topological polar surface area (TPSA) is 175 Å². The molecule has 0 unspecified atom stereocenters. The molecule has 120 valence electrons. The SMILES string of the molecule is C[C@H](Cn1cnc2nc(N=C(N)N)ncc21)OCP(=O)(O)O. The van der Waals surface area contributed by atoms with Crippen LogP contribution in [-0.4, -0.2) is 47.7 Å². The lowest BCUT2D eigenvalue weighted by molar-refractivity contribution is 0.0765. The molecule has 0 amide bonds. The second-order valence-electron chi connectivity index (χ2n) is 4.58. The van der Waals surface area contributed by atoms with E-state index in [1.54, 1.807) is 11.5 Å². The lowest BCUT2D eigenvalue weighted by Gasteiger charge is -2.14. The third-order valence-electron chi connectivity index (χ3n) is 2.58. The molecule has 0 aliphatic carbocycles. The Bertz CT molecular complexity index is 736. The third-order valence-corrected chi connectivity index (χ3v) is 3.06. The normalized spacial score (nSPS) is 13.2. The Morgan fingerprint density at radius 2 is 2.23 bits per heavy atom. The smallest absolute Gasteiger partial charge is 0.350 e. The molecule has 2 heterocycles. The average Bonchev–Trinajstić information content (AvgIpc) is 2.77. The molecule has 1 atom stereocenters. The molecule has 2 rings (SSSR count). The lowest BCUT2D eigenvalue weighted by Crippen LogP contribution is -2.22. The molecular formula is C10H16N7O4P. The van der Waals surface area contributed by atoms with Crippen molar-refractivity contribution in [3.05, 3.63) is 12.5 Å². The van der Waals surface area contributed by atoms with Crippen molar-refractivity contribution in [1.82, 2.24) is 19.5 Å². The summed E-state index contributed by atoms with van der Waals surface area (Å²) in [6, 6.07) is 0. The molecule has 0 aliphatic heterocycles. The van der Waals surface area contributed by atoms with Gasteiger partial charge in [-0.1, -0.05) is 0 Å². The molecule has 22 heavy (non-hydrogen) atoms. The van der Waals surface area contributed by atoms with Crippen molar-refractivity contribution < 1.29 is 19.1 Å². The predicted octanol–water partition coefficient (Wildman–Crippen LogP) is -0.728. The summed E-state index contributed by atoms with van der Waals surface area (Å²) in [4.78, 5) is 33.4. The molecule has 0 spiro atoms. The van der Waals surface area contributed by atoms with E-state index in [-0.39, 0.29) is 11.9 Å². The fourth-order valence-electron chi connectivity index (χ4n) is 1.71. The lowest BCUT2D eigenvalue weighted by atomic mass is 10.4. The fraction of sp³-hybridized carbons (Fsp3) is 0.400. The van der Waals surface area contributed by atoms with Crippen molar-refractivity contribution in [2.45, 2.75) is 19.6 Å². The van der Waals surface area contributed by atoms with Crippen LogP contribution in [0.4, 0.5) is 5.95 Å². The summed E-state index contributed by atoms with van der Waals surface area (Å²) in [6.07, 6.45) is 1.97. The van der Waals surface area contributed by atoms with Gasteiger partial charge >= 0.3 is 7.60 Å². The van der Waals surface area contributed by atoms with Crippen molar-refractivity contribution in [3.63, 3.8) is 0 Å². The van der Waals surface area contributed by atoms with Gasteiger partial charge in [0.25, 0.3) is 5.95 Å². The van der Waals surface area contributed by atoms with Crippen LogP contribution in [0.25, 0.3) is 11.2 Å². The number of aromatic nitrogens is 4. The van der Waals surface area contributed by atoms with Crippen LogP contribution < -0.4 is 11.5 Å². The molecule has 2 aromatic rings. The van der Waals surface area contributed by atoms with Crippen LogP contribution in [0.5, 0.6) is 0 Å². The summed E-state index contributed by atoms with van der Waals surface area (Å²) in [7, 11) is -4.19. The maximum atomic E-state index is 10.8. The first kappa shape index (κ1) is 16.3. The first-order valence-corrected chi connectivity index (χ1v) is 7.98. The number of hydrogen-bond donors (Lipinski definition) is 4. The highest BCUT2D eigenvalue weighted by Gasteiger charge is 2.16. The largest absolute Gasteiger partial charge is 0.370 e. The number of hydrogen-bond acceptors (Lipinski definition) is 6. The minimum absolute atomic E-state index is 0.101. The quantitative estimate of drug-likeness (QED) is 0.302. The zero-order valence-electron chi connectivity index (χ0n) is 11.7. The number of rotatable bonds is 6. The van der Waals surface area contributed by atoms with E-state index in [0.717, 1.165) is 0 Å². The number of nitrogens with two attached hydrogens (primary N) is 2. The standard InChI is InChI=1S/C10H16N7O4P/c1-6(21-5-22(18,19)20)3-17-4-14-8-7(17)2-13-10(15-8)16-9(11)12/h2,4,6H,3,5H2,1H3,(H2,18,19,20)(H4,11,12,13,15,16)/t6-/m1/s1. The molecule has 11 nitrogen and oxygen atoms in total. The fourth-order valence-corrected chi connectivity index (χ4v) is 2.16. The Morgan fingerprint density at radius 3 is 2.86 bits per heavy atom. The van der Waals surface area contributed by atoms with Gasteiger partial charge in [0, 0.05) is 0 Å². The zero-order valence-corrected chi connectivity index (χ0v) is 12.6. The number of aliphatic imine (C=N–C) groups is 1. The van der Waals surface area contributed by atoms with E-state index in [1.165, 1.54) is 12.5 Å². The highest BCUT2D eigenvalue weighted by atomic mass is 31.2. The Hall–Kier alpha value is -2.07. The number of imidazole rings is 1. The molecular weight excluding hydrogens is 313 g/mol. The van der Waals surface area contributed by atoms with Gasteiger partial charge in [-0.2, -0.15) is 9.98 Å². The van der Waals surface area contributed by atoms with E-state index in [2.05, 4.69) is 19.9 Å². The maximum absolute atomic E-state index is 10.8. The van der Waals surface area contributed by atoms with Crippen LogP contribution in [-0.2, 0) is 15.8 Å². The van der Waals surface area contributed by atoms with Gasteiger partial charge in [-0.05, 0) is 6.92 Å². The van der Waals surface area contributed by atoms with Crippen LogP contribution in [0, 0.1) is 0 Å². The Kier molecular flexibility index (Phi) is 4.71. The van der Waals surface area contributed by atoms with E-state index in [0.29, 0.717) is 17.7 Å². The van der Waals surface area contributed by atoms with Crippen LogP contribution in [0.3, 0.4) is 0 Å². The minimum Gasteiger partial charge on any atom is -0.370 e. The summed E-state index contributed by atoms with van der Waals surface area (Å²) in [6.45, 7) is 2.03. The van der Waals surface area contributed by atoms with Gasteiger partial charge in [-0.25, -0.2) is 9.97 Å². The molecule has 0 radical (unpaired) electrons. The second kappa shape index (κ2) is 6.36. The van der Waals surface area contributed by atoms with Crippen molar-refractivity contribution in [2.75, 3.05) is 6.35 Å². The van der Waals surface area contributed by atoms with Crippen molar-refractivity contribution in [2.24, 2.45) is 16.5 Å². The van der Waals surface area contributed by atoms with E-state index < -0.39 is 20.0 Å². The zero-order chi connectivity index (χ0) is 16.3. The minimum atomic E-state index is -4.19. The van der Waals surface area contributed by atoms with E-state index in [9.17, 15) is 4.57 Å².